The van der Waals surface area contributed by atoms with Crippen LogP contribution in [0.2, 0.25) is 0 Å². The van der Waals surface area contributed by atoms with Gasteiger partial charge in [-0.25, -0.2) is 8.78 Å². The van der Waals surface area contributed by atoms with Crippen molar-refractivity contribution >= 4 is 11.6 Å². The predicted octanol–water partition coefficient (Wildman–Crippen LogP) is 3.14. The van der Waals surface area contributed by atoms with Gasteiger partial charge in [-0.15, -0.1) is 0 Å². The highest BCUT2D eigenvalue weighted by Gasteiger charge is 2.23. The molecule has 0 aromatic heterocycles. The summed E-state index contributed by atoms with van der Waals surface area (Å²) in [7, 11) is 0. The van der Waals surface area contributed by atoms with Gasteiger partial charge in [-0.05, 0) is 44.7 Å². The molecule has 0 spiro atoms. The van der Waals surface area contributed by atoms with E-state index in [0.29, 0.717) is 12.0 Å². The molecule has 0 bridgehead atoms. The third-order valence-corrected chi connectivity index (χ3v) is 4.40. The van der Waals surface area contributed by atoms with Crippen LogP contribution in [0.15, 0.2) is 23.2 Å². The van der Waals surface area contributed by atoms with Gasteiger partial charge in [-0.2, -0.15) is 0 Å². The molecule has 1 saturated heterocycles. The molecule has 0 saturated carbocycles. The lowest BCUT2D eigenvalue weighted by Crippen LogP contribution is -2.42. The number of halogens is 2. The molecule has 1 aliphatic heterocycles. The van der Waals surface area contributed by atoms with E-state index in [0.717, 1.165) is 50.7 Å². The highest BCUT2D eigenvalue weighted by Crippen LogP contribution is 2.25. The van der Waals surface area contributed by atoms with Crippen LogP contribution in [0.4, 0.5) is 14.5 Å². The van der Waals surface area contributed by atoms with Crippen LogP contribution in [-0.2, 0) is 0 Å². The van der Waals surface area contributed by atoms with Gasteiger partial charge < -0.3 is 15.5 Å². The predicted molar refractivity (Wildman–Crippen MR) is 95.5 cm³/mol. The average molecular weight is 338 g/mol. The second-order valence-electron chi connectivity index (χ2n) is 6.37. The van der Waals surface area contributed by atoms with E-state index < -0.39 is 11.6 Å². The largest absolute Gasteiger partial charge is 0.371 e. The number of anilines is 1. The van der Waals surface area contributed by atoms with E-state index in [9.17, 15) is 8.78 Å². The third-order valence-electron chi connectivity index (χ3n) is 4.40. The quantitative estimate of drug-likeness (QED) is 0.618. The second kappa shape index (κ2) is 8.85. The van der Waals surface area contributed by atoms with Gasteiger partial charge in [0.05, 0.1) is 0 Å². The summed E-state index contributed by atoms with van der Waals surface area (Å²) < 4.78 is 26.4. The van der Waals surface area contributed by atoms with Crippen molar-refractivity contribution in [2.75, 3.05) is 31.1 Å². The molecule has 1 fully saturated rings. The first-order valence-corrected chi connectivity index (χ1v) is 8.78. The fourth-order valence-electron chi connectivity index (χ4n) is 2.77. The van der Waals surface area contributed by atoms with Crippen molar-refractivity contribution in [1.82, 2.24) is 10.6 Å². The van der Waals surface area contributed by atoms with Crippen molar-refractivity contribution < 1.29 is 8.78 Å². The average Bonchev–Trinajstić information content (AvgIpc) is 3.04. The number of aliphatic imine (C=N–C) groups is 1. The van der Waals surface area contributed by atoms with Crippen molar-refractivity contribution in [3.63, 3.8) is 0 Å². The summed E-state index contributed by atoms with van der Waals surface area (Å²) in [5.74, 6) is -0.324. The number of rotatable bonds is 6. The SMILES string of the molecule is CCNC(=NCC1CCN(c2ccc(F)c(F)c2)C1)NC(C)CC. The minimum Gasteiger partial charge on any atom is -0.371 e. The maximum atomic E-state index is 13.4. The second-order valence-corrected chi connectivity index (χ2v) is 6.37. The number of nitrogens with one attached hydrogen (secondary N) is 2. The molecule has 2 N–H and O–H groups in total. The van der Waals surface area contributed by atoms with Crippen LogP contribution in [0.1, 0.15) is 33.6 Å². The number of hydrogen-bond donors (Lipinski definition) is 2. The van der Waals surface area contributed by atoms with E-state index in [4.69, 9.17) is 0 Å². The first kappa shape index (κ1) is 18.5. The standard InChI is InChI=1S/C18H28F2N4/c1-4-13(3)23-18(21-5-2)22-11-14-8-9-24(12-14)15-6-7-16(19)17(20)10-15/h6-7,10,13-14H,4-5,8-9,11-12H2,1-3H3,(H2,21,22,23). The van der Waals surface area contributed by atoms with Crippen molar-refractivity contribution in [2.45, 2.75) is 39.7 Å². The maximum Gasteiger partial charge on any atom is 0.191 e. The minimum absolute atomic E-state index is 0.380. The fraction of sp³-hybridized carbons (Fsp3) is 0.611. The van der Waals surface area contributed by atoms with Crippen molar-refractivity contribution in [3.8, 4) is 0 Å². The molecule has 134 valence electrons. The van der Waals surface area contributed by atoms with Gasteiger partial charge in [0.15, 0.2) is 17.6 Å². The van der Waals surface area contributed by atoms with Gasteiger partial charge in [-0.3, -0.25) is 4.99 Å². The van der Waals surface area contributed by atoms with Crippen LogP contribution in [0, 0.1) is 17.6 Å². The zero-order valence-electron chi connectivity index (χ0n) is 14.8. The Morgan fingerprint density at radius 1 is 1.33 bits per heavy atom. The number of benzene rings is 1. The minimum atomic E-state index is -0.800. The topological polar surface area (TPSA) is 39.7 Å². The fourth-order valence-corrected chi connectivity index (χ4v) is 2.77. The third kappa shape index (κ3) is 5.08. The summed E-state index contributed by atoms with van der Waals surface area (Å²) in [5, 5.41) is 6.64. The Morgan fingerprint density at radius 3 is 2.79 bits per heavy atom. The molecule has 2 rings (SSSR count). The molecule has 0 amide bonds. The molecule has 1 aliphatic rings. The number of hydrogen-bond acceptors (Lipinski definition) is 2. The Bertz CT molecular complexity index is 562. The molecule has 0 aliphatic carbocycles. The Morgan fingerprint density at radius 2 is 2.12 bits per heavy atom. The Balaban J connectivity index is 1.92. The van der Waals surface area contributed by atoms with Gasteiger partial charge in [0.25, 0.3) is 0 Å². The molecule has 1 heterocycles. The summed E-state index contributed by atoms with van der Waals surface area (Å²) >= 11 is 0. The molecular weight excluding hydrogens is 310 g/mol. The van der Waals surface area contributed by atoms with Crippen molar-refractivity contribution in [3.05, 3.63) is 29.8 Å². The lowest BCUT2D eigenvalue weighted by molar-refractivity contribution is 0.508. The van der Waals surface area contributed by atoms with Gasteiger partial charge in [-0.1, -0.05) is 6.92 Å². The monoisotopic (exact) mass is 338 g/mol. The smallest absolute Gasteiger partial charge is 0.191 e. The lowest BCUT2D eigenvalue weighted by atomic mass is 10.1. The Hall–Kier alpha value is -1.85. The number of nitrogens with zero attached hydrogens (tertiary/aromatic N) is 2. The maximum absolute atomic E-state index is 13.4. The zero-order chi connectivity index (χ0) is 17.5. The van der Waals surface area contributed by atoms with E-state index in [-0.39, 0.29) is 0 Å². The summed E-state index contributed by atoms with van der Waals surface area (Å²) in [5.41, 5.74) is 0.741. The van der Waals surface area contributed by atoms with Crippen molar-refractivity contribution in [1.29, 1.82) is 0 Å². The van der Waals surface area contributed by atoms with E-state index in [1.165, 1.54) is 12.1 Å². The molecular formula is C18H28F2N4. The number of guanidine groups is 1. The van der Waals surface area contributed by atoms with Crippen molar-refractivity contribution in [2.24, 2.45) is 10.9 Å². The van der Waals surface area contributed by atoms with E-state index in [2.05, 4.69) is 34.4 Å². The van der Waals surface area contributed by atoms with Gasteiger partial charge in [0.1, 0.15) is 0 Å². The molecule has 6 heteroatoms. The van der Waals surface area contributed by atoms with Gasteiger partial charge in [0.2, 0.25) is 0 Å². The first-order valence-electron chi connectivity index (χ1n) is 8.78. The van der Waals surface area contributed by atoms with Gasteiger partial charge in [0, 0.05) is 44.0 Å². The van der Waals surface area contributed by atoms with Crippen LogP contribution < -0.4 is 15.5 Å². The summed E-state index contributed by atoms with van der Waals surface area (Å²) in [4.78, 5) is 6.77. The lowest BCUT2D eigenvalue weighted by Gasteiger charge is -2.19. The highest BCUT2D eigenvalue weighted by molar-refractivity contribution is 5.80. The normalized spacial score (nSPS) is 19.5. The van der Waals surface area contributed by atoms with Crippen LogP contribution in [0.5, 0.6) is 0 Å². The van der Waals surface area contributed by atoms with Crippen LogP contribution in [0.25, 0.3) is 0 Å². The Kier molecular flexibility index (Phi) is 6.82. The summed E-state index contributed by atoms with van der Waals surface area (Å²) in [6.07, 6.45) is 2.04. The molecule has 0 radical (unpaired) electrons. The van der Waals surface area contributed by atoms with E-state index in [1.54, 1.807) is 6.07 Å². The van der Waals surface area contributed by atoms with E-state index in [1.807, 2.05) is 6.92 Å². The summed E-state index contributed by atoms with van der Waals surface area (Å²) in [6, 6.07) is 4.48. The van der Waals surface area contributed by atoms with Gasteiger partial charge >= 0.3 is 0 Å². The zero-order valence-corrected chi connectivity index (χ0v) is 14.8. The first-order chi connectivity index (χ1) is 11.5. The molecule has 1 aromatic carbocycles. The molecule has 2 unspecified atom stereocenters. The summed E-state index contributed by atoms with van der Waals surface area (Å²) in [6.45, 7) is 9.54. The van der Waals surface area contributed by atoms with Crippen LogP contribution >= 0.6 is 0 Å². The Labute approximate surface area is 143 Å². The van der Waals surface area contributed by atoms with E-state index >= 15 is 0 Å². The van der Waals surface area contributed by atoms with Crippen LogP contribution in [0.3, 0.4) is 0 Å². The van der Waals surface area contributed by atoms with Crippen LogP contribution in [-0.4, -0.2) is 38.2 Å². The molecule has 2 atom stereocenters. The highest BCUT2D eigenvalue weighted by atomic mass is 19.2. The molecule has 4 nitrogen and oxygen atoms in total. The molecule has 1 aromatic rings. The molecule has 24 heavy (non-hydrogen) atoms.